The number of nitrogens with two attached hydrogens (primary N) is 1. The van der Waals surface area contributed by atoms with Crippen LogP contribution >= 0.6 is 23.2 Å². The van der Waals surface area contributed by atoms with Crippen LogP contribution in [0.15, 0.2) is 36.4 Å². The smallest absolute Gasteiger partial charge is 0.237 e. The van der Waals surface area contributed by atoms with Crippen molar-refractivity contribution in [3.8, 4) is 0 Å². The van der Waals surface area contributed by atoms with E-state index >= 15 is 4.39 Å². The Morgan fingerprint density at radius 2 is 1.83 bits per heavy atom. The first-order valence-corrected chi connectivity index (χ1v) is 14.7. The summed E-state index contributed by atoms with van der Waals surface area (Å²) in [6.45, 7) is 5.68. The van der Waals surface area contributed by atoms with Gasteiger partial charge in [0.1, 0.15) is 11.6 Å². The second-order valence-electron chi connectivity index (χ2n) is 11.5. The highest BCUT2D eigenvalue weighted by molar-refractivity contribution is 6.31. The molecule has 0 aliphatic rings. The number of halogens is 4. The molecular weight excluding hydrogens is 591 g/mol. The monoisotopic (exact) mass is 633 g/mol. The van der Waals surface area contributed by atoms with Crippen molar-refractivity contribution >= 4 is 29.1 Å². The first-order valence-electron chi connectivity index (χ1n) is 13.9. The number of benzene rings is 2. The van der Waals surface area contributed by atoms with Crippen molar-refractivity contribution < 1.29 is 33.6 Å². The molecule has 0 radical (unpaired) electrons. The minimum absolute atomic E-state index is 0.0564. The molecule has 1 amide bonds. The molecular formula is C30H43Cl2F2N3O5. The second kappa shape index (κ2) is 16.8. The molecule has 8 nitrogen and oxygen atoms in total. The predicted octanol–water partition coefficient (Wildman–Crippen LogP) is 3.69. The van der Waals surface area contributed by atoms with Crippen molar-refractivity contribution in [1.29, 1.82) is 0 Å². The van der Waals surface area contributed by atoms with E-state index < -0.39 is 53.3 Å². The Morgan fingerprint density at radius 1 is 1.12 bits per heavy atom. The van der Waals surface area contributed by atoms with Crippen molar-refractivity contribution in [2.75, 3.05) is 33.0 Å². The molecule has 0 spiro atoms. The highest BCUT2D eigenvalue weighted by Crippen LogP contribution is 2.35. The Bertz CT molecular complexity index is 1160. The fourth-order valence-electron chi connectivity index (χ4n) is 4.70. The first-order chi connectivity index (χ1) is 19.7. The lowest BCUT2D eigenvalue weighted by Gasteiger charge is -2.42. The summed E-state index contributed by atoms with van der Waals surface area (Å²) in [5, 5.41) is 34.0. The number of carbonyl (C=O) groups excluding carboxylic acids is 1. The molecule has 0 saturated heterocycles. The number of hydrogen-bond acceptors (Lipinski definition) is 7. The van der Waals surface area contributed by atoms with Crippen molar-refractivity contribution in [3.63, 3.8) is 0 Å². The van der Waals surface area contributed by atoms with Crippen molar-refractivity contribution in [2.45, 2.75) is 70.2 Å². The summed E-state index contributed by atoms with van der Waals surface area (Å²) in [4.78, 5) is 13.5. The predicted molar refractivity (Wildman–Crippen MR) is 160 cm³/mol. The summed E-state index contributed by atoms with van der Waals surface area (Å²) in [5.41, 5.74) is 5.45. The maximum atomic E-state index is 15.2. The lowest BCUT2D eigenvalue weighted by Crippen LogP contribution is -2.60. The van der Waals surface area contributed by atoms with Crippen LogP contribution in [-0.4, -0.2) is 72.4 Å². The third kappa shape index (κ3) is 11.0. The molecule has 0 saturated carbocycles. The Morgan fingerprint density at radius 3 is 2.48 bits per heavy atom. The number of hydrogen-bond donors (Lipinski definition) is 6. The molecule has 12 heteroatoms. The number of aliphatic hydroxyl groups excluding tert-OH is 3. The molecule has 236 valence electrons. The maximum Gasteiger partial charge on any atom is 0.237 e. The van der Waals surface area contributed by atoms with E-state index in [0.717, 1.165) is 0 Å². The minimum Gasteiger partial charge on any atom is -0.394 e. The average Bonchev–Trinajstić information content (AvgIpc) is 2.92. The van der Waals surface area contributed by atoms with Gasteiger partial charge in [-0.25, -0.2) is 8.78 Å². The van der Waals surface area contributed by atoms with Gasteiger partial charge < -0.3 is 36.4 Å². The normalized spacial score (nSPS) is 15.6. The Balaban J connectivity index is 2.48. The fourth-order valence-corrected chi connectivity index (χ4v) is 5.05. The van der Waals surface area contributed by atoms with Gasteiger partial charge in [-0.2, -0.15) is 0 Å². The maximum absolute atomic E-state index is 15.2. The van der Waals surface area contributed by atoms with Crippen LogP contribution < -0.4 is 16.4 Å². The molecule has 0 fully saturated rings. The van der Waals surface area contributed by atoms with Gasteiger partial charge in [0.2, 0.25) is 5.91 Å². The van der Waals surface area contributed by atoms with E-state index in [4.69, 9.17) is 43.9 Å². The molecule has 2 rings (SSSR count). The average molecular weight is 635 g/mol. The van der Waals surface area contributed by atoms with Gasteiger partial charge in [0.15, 0.2) is 0 Å². The quantitative estimate of drug-likeness (QED) is 0.138. The van der Waals surface area contributed by atoms with Crippen LogP contribution in [-0.2, 0) is 21.5 Å². The summed E-state index contributed by atoms with van der Waals surface area (Å²) in [6.07, 6.45) is -0.0751. The van der Waals surface area contributed by atoms with E-state index in [1.54, 1.807) is 13.0 Å². The van der Waals surface area contributed by atoms with Gasteiger partial charge in [-0.15, -0.1) is 0 Å². The topological polar surface area (TPSA) is 137 Å². The van der Waals surface area contributed by atoms with Crippen molar-refractivity contribution in [1.82, 2.24) is 10.6 Å². The number of ether oxygens (including phenoxy) is 1. The molecule has 7 N–H and O–H groups in total. The zero-order valence-electron chi connectivity index (χ0n) is 24.3. The summed E-state index contributed by atoms with van der Waals surface area (Å²) in [6, 6.07) is 6.97. The van der Waals surface area contributed by atoms with Crippen LogP contribution in [0.1, 0.15) is 51.2 Å². The van der Waals surface area contributed by atoms with Crippen LogP contribution in [0.2, 0.25) is 10.0 Å². The van der Waals surface area contributed by atoms with Crippen molar-refractivity contribution in [3.05, 3.63) is 69.2 Å². The third-order valence-corrected chi connectivity index (χ3v) is 7.84. The summed E-state index contributed by atoms with van der Waals surface area (Å²) in [5.74, 6) is -1.77. The van der Waals surface area contributed by atoms with Gasteiger partial charge in [0.05, 0.1) is 42.5 Å². The van der Waals surface area contributed by atoms with Gasteiger partial charge in [-0.3, -0.25) is 4.79 Å². The number of nitrogens with one attached hydrogen (secondary N) is 2. The van der Waals surface area contributed by atoms with E-state index in [9.17, 15) is 14.3 Å². The largest absolute Gasteiger partial charge is 0.394 e. The second-order valence-corrected chi connectivity index (χ2v) is 12.3. The van der Waals surface area contributed by atoms with E-state index in [0.29, 0.717) is 19.4 Å². The number of amides is 1. The lowest BCUT2D eigenvalue weighted by molar-refractivity contribution is -0.123. The summed E-state index contributed by atoms with van der Waals surface area (Å²) < 4.78 is 35.6. The van der Waals surface area contributed by atoms with Gasteiger partial charge in [0, 0.05) is 29.8 Å². The minimum atomic E-state index is -1.36. The van der Waals surface area contributed by atoms with E-state index in [2.05, 4.69) is 10.6 Å². The highest BCUT2D eigenvalue weighted by atomic mass is 35.5. The zero-order chi connectivity index (χ0) is 31.5. The van der Waals surface area contributed by atoms with Gasteiger partial charge in [-0.1, -0.05) is 55.2 Å². The summed E-state index contributed by atoms with van der Waals surface area (Å²) in [7, 11) is 0. The molecule has 0 heterocycles. The molecule has 0 unspecified atom stereocenters. The molecule has 42 heavy (non-hydrogen) atoms. The Labute approximate surface area is 256 Å². The SMILES string of the molecule is CC(C)(CCOCCO)C[C@H](N[C@H](Cc1cccc(Cl)c1F)C(=O)NCC[C@H](O)CO)[C@](C)(N)c1ccc(Cl)cc1F. The Kier molecular flexibility index (Phi) is 14.5. The molecule has 0 aromatic heterocycles. The van der Waals surface area contributed by atoms with E-state index in [-0.39, 0.29) is 53.8 Å². The zero-order valence-corrected chi connectivity index (χ0v) is 25.8. The molecule has 0 aliphatic heterocycles. The van der Waals surface area contributed by atoms with Crippen molar-refractivity contribution in [2.24, 2.45) is 11.1 Å². The molecule has 0 bridgehead atoms. The fraction of sp³-hybridized carbons (Fsp3) is 0.567. The van der Waals surface area contributed by atoms with Crippen LogP contribution in [0.4, 0.5) is 8.78 Å². The molecule has 4 atom stereocenters. The Hall–Kier alpha value is -1.89. The highest BCUT2D eigenvalue weighted by Gasteiger charge is 2.40. The molecule has 0 aliphatic carbocycles. The van der Waals surface area contributed by atoms with Gasteiger partial charge >= 0.3 is 0 Å². The van der Waals surface area contributed by atoms with Crippen LogP contribution in [0.5, 0.6) is 0 Å². The van der Waals surface area contributed by atoms with Gasteiger partial charge in [0.25, 0.3) is 0 Å². The number of carbonyl (C=O) groups is 1. The van der Waals surface area contributed by atoms with E-state index in [1.165, 1.54) is 30.3 Å². The standard InChI is InChI=1S/C30H43Cl2F2N3O5/c1-29(2,10-13-42-14-12-38)17-26(30(3,35)22-8-7-20(31)16-24(22)33)37-25(28(41)36-11-9-21(40)18-39)15-19-5-4-6-23(32)27(19)34/h4-8,16,21,25-26,37-40H,9-15,17-18,35H2,1-3H3,(H,36,41)/t21-,25+,26-,30+/m0/s1. The summed E-state index contributed by atoms with van der Waals surface area (Å²) >= 11 is 12.0. The number of rotatable bonds is 18. The third-order valence-electron chi connectivity index (χ3n) is 7.31. The van der Waals surface area contributed by atoms with Crippen LogP contribution in [0.25, 0.3) is 0 Å². The number of aliphatic hydroxyl groups is 3. The van der Waals surface area contributed by atoms with Crippen LogP contribution in [0.3, 0.4) is 0 Å². The molecule has 2 aromatic rings. The first kappa shape index (κ1) is 36.3. The van der Waals surface area contributed by atoms with E-state index in [1.807, 2.05) is 13.8 Å². The van der Waals surface area contributed by atoms with Crippen LogP contribution in [0, 0.1) is 17.0 Å². The van der Waals surface area contributed by atoms with Gasteiger partial charge in [-0.05, 0) is 61.8 Å². The lowest BCUT2D eigenvalue weighted by atomic mass is 9.74. The molecule has 2 aromatic carbocycles.